The van der Waals surface area contributed by atoms with Crippen LogP contribution < -0.4 is 0 Å². The molecule has 6 rings (SSSR count). The minimum atomic E-state index is 0.0551. The number of carbonyl (C=O) groups excluding carboxylic acids is 1. The number of hydrogen-bond acceptors (Lipinski definition) is 7. The summed E-state index contributed by atoms with van der Waals surface area (Å²) in [6.45, 7) is 1.57. The average Bonchev–Trinajstić information content (AvgIpc) is 3.56. The Hall–Kier alpha value is -4.24. The Balaban J connectivity index is 1.49. The van der Waals surface area contributed by atoms with E-state index in [9.17, 15) is 4.79 Å². The number of rotatable bonds is 4. The second kappa shape index (κ2) is 7.17. The summed E-state index contributed by atoms with van der Waals surface area (Å²) in [5.41, 5.74) is 5.88. The topological polar surface area (TPSA) is 113 Å². The molecule has 2 N–H and O–H groups in total. The molecule has 8 nitrogen and oxygen atoms in total. The summed E-state index contributed by atoms with van der Waals surface area (Å²) in [5, 5.41) is 8.51. The van der Waals surface area contributed by atoms with E-state index in [1.807, 2.05) is 36.4 Å². The Morgan fingerprint density at radius 1 is 1.03 bits per heavy atom. The quantitative estimate of drug-likeness (QED) is 0.380. The summed E-state index contributed by atoms with van der Waals surface area (Å²) < 4.78 is 0. The van der Waals surface area contributed by atoms with E-state index in [1.165, 1.54) is 17.7 Å². The van der Waals surface area contributed by atoms with Gasteiger partial charge in [-0.05, 0) is 42.8 Å². The zero-order valence-electron chi connectivity index (χ0n) is 16.8. The van der Waals surface area contributed by atoms with Crippen LogP contribution in [0.5, 0.6) is 0 Å². The van der Waals surface area contributed by atoms with Gasteiger partial charge in [0.2, 0.25) is 0 Å². The minimum Gasteiger partial charge on any atom is -0.335 e. The maximum atomic E-state index is 11.7. The van der Waals surface area contributed by atoms with Gasteiger partial charge in [-0.25, -0.2) is 19.9 Å². The van der Waals surface area contributed by atoms with Crippen molar-refractivity contribution >= 4 is 39.2 Å². The summed E-state index contributed by atoms with van der Waals surface area (Å²) in [5.74, 6) is 0.676. The van der Waals surface area contributed by atoms with E-state index in [1.54, 1.807) is 25.5 Å². The van der Waals surface area contributed by atoms with Gasteiger partial charge < -0.3 is 4.98 Å². The number of pyridine rings is 1. The lowest BCUT2D eigenvalue weighted by Gasteiger charge is -2.01. The number of hydrogen-bond donors (Lipinski definition) is 2. The second-order valence-corrected chi connectivity index (χ2v) is 8.41. The van der Waals surface area contributed by atoms with Gasteiger partial charge in [0.25, 0.3) is 0 Å². The molecular weight excluding hydrogens is 422 g/mol. The lowest BCUT2D eigenvalue weighted by atomic mass is 10.1. The monoisotopic (exact) mass is 437 g/mol. The lowest BCUT2D eigenvalue weighted by Crippen LogP contribution is -1.84. The number of benzene rings is 1. The van der Waals surface area contributed by atoms with Gasteiger partial charge >= 0.3 is 0 Å². The lowest BCUT2D eigenvalue weighted by molar-refractivity contribution is 0.102. The fourth-order valence-corrected chi connectivity index (χ4v) is 4.66. The molecule has 154 valence electrons. The van der Waals surface area contributed by atoms with Gasteiger partial charge in [0.15, 0.2) is 17.3 Å². The summed E-state index contributed by atoms with van der Waals surface area (Å²) >= 11 is 1.46. The van der Waals surface area contributed by atoms with Crippen molar-refractivity contribution in [3.05, 3.63) is 66.2 Å². The van der Waals surface area contributed by atoms with Gasteiger partial charge in [0.05, 0.1) is 15.9 Å². The van der Waals surface area contributed by atoms with Gasteiger partial charge in [0.1, 0.15) is 12.0 Å². The van der Waals surface area contributed by atoms with Crippen LogP contribution in [-0.4, -0.2) is 40.9 Å². The van der Waals surface area contributed by atoms with E-state index >= 15 is 0 Å². The fraction of sp³-hybridized carbons (Fsp3) is 0.0435. The number of H-pyrrole nitrogens is 2. The molecule has 0 radical (unpaired) electrons. The van der Waals surface area contributed by atoms with Crippen molar-refractivity contribution < 1.29 is 4.79 Å². The van der Waals surface area contributed by atoms with E-state index in [-0.39, 0.29) is 5.78 Å². The van der Waals surface area contributed by atoms with Crippen LogP contribution in [0.3, 0.4) is 0 Å². The third kappa shape index (κ3) is 2.98. The molecule has 0 saturated heterocycles. The number of aromatic amines is 2. The van der Waals surface area contributed by atoms with Gasteiger partial charge in [0, 0.05) is 40.0 Å². The van der Waals surface area contributed by atoms with Crippen LogP contribution in [0.2, 0.25) is 0 Å². The third-order valence-corrected chi connectivity index (χ3v) is 6.51. The molecule has 0 atom stereocenters. The highest BCUT2D eigenvalue weighted by Crippen LogP contribution is 2.35. The van der Waals surface area contributed by atoms with Crippen molar-refractivity contribution in [2.45, 2.75) is 6.92 Å². The highest BCUT2D eigenvalue weighted by Gasteiger charge is 2.17. The molecule has 6 aromatic rings. The van der Waals surface area contributed by atoms with Crippen molar-refractivity contribution in [3.8, 4) is 33.1 Å². The largest absolute Gasteiger partial charge is 0.335 e. The molecular formula is C23H15N7OS. The van der Waals surface area contributed by atoms with Crippen molar-refractivity contribution in [1.82, 2.24) is 35.1 Å². The maximum Gasteiger partial charge on any atom is 0.178 e. The van der Waals surface area contributed by atoms with Gasteiger partial charge in [-0.3, -0.25) is 9.89 Å². The van der Waals surface area contributed by atoms with E-state index < -0.39 is 0 Å². The van der Waals surface area contributed by atoms with E-state index in [4.69, 9.17) is 4.98 Å². The molecule has 0 aliphatic carbocycles. The molecule has 0 saturated carbocycles. The Morgan fingerprint density at radius 2 is 1.91 bits per heavy atom. The van der Waals surface area contributed by atoms with Crippen molar-refractivity contribution in [2.75, 3.05) is 0 Å². The van der Waals surface area contributed by atoms with E-state index in [0.29, 0.717) is 17.2 Å². The van der Waals surface area contributed by atoms with Crippen LogP contribution in [0, 0.1) is 0 Å². The Kier molecular flexibility index (Phi) is 4.15. The summed E-state index contributed by atoms with van der Waals surface area (Å²) in [6.07, 6.45) is 6.80. The number of aromatic nitrogens is 7. The first-order chi connectivity index (χ1) is 15.7. The Bertz CT molecular complexity index is 1610. The zero-order valence-corrected chi connectivity index (χ0v) is 17.6. The predicted molar refractivity (Wildman–Crippen MR) is 123 cm³/mol. The molecule has 5 aromatic heterocycles. The SMILES string of the molecule is CC(=O)c1ccc(-c2ccnc3nc(-c4n[nH]c5ccc(-c6cncnc6)cc45)[nH]c23)s1. The Morgan fingerprint density at radius 3 is 2.72 bits per heavy atom. The third-order valence-electron chi connectivity index (χ3n) is 5.29. The number of Topliss-reactive ketones (excluding diaryl/α,β-unsaturated/α-hetero) is 1. The standard InChI is InChI=1S/C23H15N7OS/c1-12(31)18-4-5-19(32-18)15-6-7-26-22-20(15)27-23(28-22)21-16-8-13(2-3-17(16)29-30-21)14-9-24-11-25-10-14/h2-11H,1H3,(H,29,30)(H,26,27,28). The Labute approximate surface area is 185 Å². The number of carbonyl (C=O) groups is 1. The molecule has 0 fully saturated rings. The molecule has 5 heterocycles. The van der Waals surface area contributed by atoms with Gasteiger partial charge in [-0.15, -0.1) is 11.3 Å². The van der Waals surface area contributed by atoms with Crippen LogP contribution in [0.4, 0.5) is 0 Å². The van der Waals surface area contributed by atoms with Crippen molar-refractivity contribution in [2.24, 2.45) is 0 Å². The van der Waals surface area contributed by atoms with Gasteiger partial charge in [-0.2, -0.15) is 5.10 Å². The molecule has 0 bridgehead atoms. The van der Waals surface area contributed by atoms with Crippen LogP contribution in [0.1, 0.15) is 16.6 Å². The number of nitrogens with zero attached hydrogens (tertiary/aromatic N) is 5. The first-order valence-corrected chi connectivity index (χ1v) is 10.7. The van der Waals surface area contributed by atoms with Crippen molar-refractivity contribution in [1.29, 1.82) is 0 Å². The first kappa shape index (κ1) is 18.5. The van der Waals surface area contributed by atoms with Crippen LogP contribution in [0.15, 0.2) is 61.3 Å². The first-order valence-electron chi connectivity index (χ1n) is 9.87. The smallest absolute Gasteiger partial charge is 0.178 e. The summed E-state index contributed by atoms with van der Waals surface area (Å²) in [6, 6.07) is 11.8. The molecule has 32 heavy (non-hydrogen) atoms. The van der Waals surface area contributed by atoms with Crippen LogP contribution in [-0.2, 0) is 0 Å². The number of thiophene rings is 1. The van der Waals surface area contributed by atoms with Crippen LogP contribution in [0.25, 0.3) is 55.2 Å². The number of ketones is 1. The number of fused-ring (bicyclic) bond motifs is 2. The zero-order chi connectivity index (χ0) is 21.7. The molecule has 0 amide bonds. The van der Waals surface area contributed by atoms with Gasteiger partial charge in [-0.1, -0.05) is 6.07 Å². The summed E-state index contributed by atoms with van der Waals surface area (Å²) in [4.78, 5) is 34.2. The molecule has 0 aliphatic heterocycles. The molecule has 0 aliphatic rings. The minimum absolute atomic E-state index is 0.0551. The predicted octanol–water partition coefficient (Wildman–Crippen LogP) is 4.89. The van der Waals surface area contributed by atoms with Crippen LogP contribution >= 0.6 is 11.3 Å². The second-order valence-electron chi connectivity index (χ2n) is 7.32. The highest BCUT2D eigenvalue weighted by atomic mass is 32.1. The highest BCUT2D eigenvalue weighted by molar-refractivity contribution is 7.17. The molecule has 0 unspecified atom stereocenters. The van der Waals surface area contributed by atoms with E-state index in [2.05, 4.69) is 30.1 Å². The molecule has 9 heteroatoms. The summed E-state index contributed by atoms with van der Waals surface area (Å²) in [7, 11) is 0. The maximum absolute atomic E-state index is 11.7. The molecule has 0 spiro atoms. The van der Waals surface area contributed by atoms with Crippen molar-refractivity contribution in [3.63, 3.8) is 0 Å². The molecule has 1 aromatic carbocycles. The number of imidazole rings is 1. The number of nitrogens with one attached hydrogen (secondary N) is 2. The normalized spacial score (nSPS) is 11.4. The average molecular weight is 437 g/mol. The fourth-order valence-electron chi connectivity index (χ4n) is 3.72. The van der Waals surface area contributed by atoms with E-state index in [0.717, 1.165) is 42.9 Å².